The lowest BCUT2D eigenvalue weighted by Gasteiger charge is -2.28. The maximum Gasteiger partial charge on any atom is 0.407 e. The second-order valence-electron chi connectivity index (χ2n) is 11.6. The Morgan fingerprint density at radius 2 is 1.47 bits per heavy atom. The second-order valence-corrected chi connectivity index (χ2v) is 11.6. The number of benzene rings is 1. The van der Waals surface area contributed by atoms with E-state index in [4.69, 9.17) is 31.4 Å². The molecule has 0 bridgehead atoms. The van der Waals surface area contributed by atoms with Crippen molar-refractivity contribution in [2.24, 2.45) is 28.5 Å². The van der Waals surface area contributed by atoms with Crippen molar-refractivity contribution in [2.45, 2.75) is 111 Å². The first-order chi connectivity index (χ1) is 21.5. The number of ether oxygens (including phenoxy) is 4. The monoisotopic (exact) mass is 638 g/mol. The van der Waals surface area contributed by atoms with Gasteiger partial charge in [0.15, 0.2) is 0 Å². The zero-order valence-electron chi connectivity index (χ0n) is 27.9. The van der Waals surface area contributed by atoms with Gasteiger partial charge in [-0.2, -0.15) is 0 Å². The van der Waals surface area contributed by atoms with Gasteiger partial charge in [-0.1, -0.05) is 90.1 Å². The van der Waals surface area contributed by atoms with E-state index in [0.29, 0.717) is 19.1 Å². The predicted octanol–water partition coefficient (Wildman–Crippen LogP) is 6.57. The van der Waals surface area contributed by atoms with E-state index in [-0.39, 0.29) is 19.3 Å². The summed E-state index contributed by atoms with van der Waals surface area (Å²) in [5.74, 6) is 0.547. The van der Waals surface area contributed by atoms with Gasteiger partial charge in [0, 0.05) is 12.0 Å². The molecule has 258 valence electrons. The molecular weight excluding hydrogens is 580 g/mol. The van der Waals surface area contributed by atoms with Gasteiger partial charge in [0.25, 0.3) is 0 Å². The highest BCUT2D eigenvalue weighted by molar-refractivity contribution is 5.67. The third kappa shape index (κ3) is 23.4. The first-order valence-corrected chi connectivity index (χ1v) is 16.2. The minimum absolute atomic E-state index is 0.0535. The quantitative estimate of drug-likeness (QED) is 0.115. The summed E-state index contributed by atoms with van der Waals surface area (Å²) in [5.41, 5.74) is 15.6. The minimum Gasteiger partial charge on any atom is -0.450 e. The van der Waals surface area contributed by atoms with Gasteiger partial charge in [0.1, 0.15) is 19.3 Å². The highest BCUT2D eigenvalue weighted by Crippen LogP contribution is 2.29. The molecule has 1 aromatic carbocycles. The fraction of sp³-hybridized carbons (Fsp3) is 0.697. The molecule has 0 saturated heterocycles. The molecule has 0 radical (unpaired) electrons. The summed E-state index contributed by atoms with van der Waals surface area (Å²) >= 11 is 0. The molecule has 4 amide bonds. The third-order valence-corrected chi connectivity index (χ3v) is 7.31. The van der Waals surface area contributed by atoms with Gasteiger partial charge in [-0.05, 0) is 56.4 Å². The predicted molar refractivity (Wildman–Crippen MR) is 174 cm³/mol. The number of rotatable bonds is 16. The average Bonchev–Trinajstić information content (AvgIpc) is 3.02. The van der Waals surface area contributed by atoms with Gasteiger partial charge >= 0.3 is 24.4 Å². The van der Waals surface area contributed by atoms with Crippen molar-refractivity contribution in [1.82, 2.24) is 5.32 Å². The van der Waals surface area contributed by atoms with Crippen LogP contribution in [0.1, 0.15) is 104 Å². The molecule has 1 fully saturated rings. The van der Waals surface area contributed by atoms with Crippen molar-refractivity contribution in [3.63, 3.8) is 0 Å². The van der Waals surface area contributed by atoms with Crippen LogP contribution in [0.25, 0.3) is 0 Å². The molecule has 0 aromatic heterocycles. The number of hydrogen-bond acceptors (Lipinski definition) is 8. The summed E-state index contributed by atoms with van der Waals surface area (Å²) in [5, 5.41) is 2.67. The Balaban J connectivity index is 0.000000662. The highest BCUT2D eigenvalue weighted by atomic mass is 16.6. The molecule has 12 heteroatoms. The smallest absolute Gasteiger partial charge is 0.407 e. The maximum absolute atomic E-state index is 11.4. The van der Waals surface area contributed by atoms with Crippen LogP contribution in [0.4, 0.5) is 19.2 Å². The summed E-state index contributed by atoms with van der Waals surface area (Å²) in [7, 11) is 0. The molecule has 45 heavy (non-hydrogen) atoms. The first kappa shape index (κ1) is 41.3. The van der Waals surface area contributed by atoms with Crippen LogP contribution >= 0.6 is 0 Å². The molecule has 1 saturated carbocycles. The molecule has 7 N–H and O–H groups in total. The van der Waals surface area contributed by atoms with Crippen LogP contribution < -0.4 is 22.5 Å². The van der Waals surface area contributed by atoms with Crippen molar-refractivity contribution in [1.29, 1.82) is 0 Å². The number of alkyl carbamates (subject to hydrolysis) is 1. The van der Waals surface area contributed by atoms with Crippen LogP contribution in [0.5, 0.6) is 0 Å². The zero-order chi connectivity index (χ0) is 33.9. The summed E-state index contributed by atoms with van der Waals surface area (Å²) in [6, 6.07) is 10.0. The second kappa shape index (κ2) is 25.6. The van der Waals surface area contributed by atoms with Crippen LogP contribution in [0, 0.1) is 11.3 Å². The van der Waals surface area contributed by atoms with E-state index < -0.39 is 29.8 Å². The van der Waals surface area contributed by atoms with Gasteiger partial charge in [-0.15, -0.1) is 0 Å². The van der Waals surface area contributed by atoms with E-state index in [2.05, 4.69) is 10.1 Å². The largest absolute Gasteiger partial charge is 0.450 e. The number of amides is 4. The Hall–Kier alpha value is -3.70. The summed E-state index contributed by atoms with van der Waals surface area (Å²) in [6.07, 6.45) is 9.93. The maximum atomic E-state index is 11.4. The lowest BCUT2D eigenvalue weighted by Crippen LogP contribution is -2.35. The van der Waals surface area contributed by atoms with E-state index >= 15 is 0 Å². The Labute approximate surface area is 269 Å². The molecular formula is C33H58N4O8. The molecule has 0 spiro atoms. The number of unbranched alkanes of at least 4 members (excludes halogenated alkanes) is 1. The molecule has 2 unspecified atom stereocenters. The van der Waals surface area contributed by atoms with Crippen LogP contribution in [-0.2, 0) is 25.4 Å². The average molecular weight is 639 g/mol. The van der Waals surface area contributed by atoms with Gasteiger partial charge in [0.05, 0.1) is 6.61 Å². The van der Waals surface area contributed by atoms with E-state index in [1.807, 2.05) is 58.0 Å². The lowest BCUT2D eigenvalue weighted by molar-refractivity contribution is 0.0338. The topological polar surface area (TPSA) is 195 Å². The van der Waals surface area contributed by atoms with Gasteiger partial charge in [0.2, 0.25) is 0 Å². The SMILES string of the molecule is CCC(OC(N)=O)C1CCCCC1.CCCCNC(=O)OCC(C)(CCC)COC(N)=O.NC(=O)OCCCc1ccccc1. The number of aryl methyl sites for hydroxylation is 1. The van der Waals surface area contributed by atoms with Crippen LogP contribution in [0.2, 0.25) is 0 Å². The molecule has 1 aliphatic rings. The number of primary amides is 3. The number of hydrogen-bond donors (Lipinski definition) is 4. The molecule has 1 aromatic rings. The van der Waals surface area contributed by atoms with Gasteiger partial charge in [-0.25, -0.2) is 19.2 Å². The Bertz CT molecular complexity index is 944. The fourth-order valence-corrected chi connectivity index (χ4v) is 4.95. The highest BCUT2D eigenvalue weighted by Gasteiger charge is 2.27. The summed E-state index contributed by atoms with van der Waals surface area (Å²) in [4.78, 5) is 42.9. The van der Waals surface area contributed by atoms with E-state index in [9.17, 15) is 19.2 Å². The minimum atomic E-state index is -0.810. The van der Waals surface area contributed by atoms with Crippen LogP contribution in [0.15, 0.2) is 30.3 Å². The van der Waals surface area contributed by atoms with Crippen LogP contribution in [-0.4, -0.2) is 56.8 Å². The van der Waals surface area contributed by atoms with Crippen molar-refractivity contribution < 1.29 is 38.1 Å². The number of nitrogens with two attached hydrogens (primary N) is 3. The number of nitrogens with one attached hydrogen (secondary N) is 1. The normalized spacial score (nSPS) is 14.5. The Morgan fingerprint density at radius 3 is 2.00 bits per heavy atom. The Kier molecular flexibility index (Phi) is 23.5. The summed E-state index contributed by atoms with van der Waals surface area (Å²) < 4.78 is 19.7. The number of carbonyl (C=O) groups excluding carboxylic acids is 4. The zero-order valence-corrected chi connectivity index (χ0v) is 27.9. The van der Waals surface area contributed by atoms with Crippen LogP contribution in [0.3, 0.4) is 0 Å². The van der Waals surface area contributed by atoms with E-state index in [1.54, 1.807) is 0 Å². The van der Waals surface area contributed by atoms with Crippen molar-refractivity contribution >= 4 is 24.4 Å². The molecule has 2 rings (SSSR count). The standard InChI is InChI=1S/C13H26N2O4.C10H19NO2.C10H13NO2/c1-4-6-8-15-12(17)19-10-13(3,7-5-2)9-18-11(14)16;1-2-9(13-10(11)12)8-6-4-3-5-7-8;11-10(12)13-8-4-7-9-5-2-1-3-6-9/h4-10H2,1-3H3,(H2,14,16)(H,15,17);8-9H,2-7H2,1H3,(H2,11,12);1-3,5-6H,4,7-8H2,(H2,11,12). The fourth-order valence-electron chi connectivity index (χ4n) is 4.95. The van der Waals surface area contributed by atoms with Gasteiger partial charge < -0.3 is 41.5 Å². The Morgan fingerprint density at radius 1 is 0.844 bits per heavy atom. The molecule has 12 nitrogen and oxygen atoms in total. The first-order valence-electron chi connectivity index (χ1n) is 16.2. The molecule has 0 aliphatic heterocycles. The van der Waals surface area contributed by atoms with Gasteiger partial charge in [-0.3, -0.25) is 0 Å². The third-order valence-electron chi connectivity index (χ3n) is 7.31. The van der Waals surface area contributed by atoms with E-state index in [0.717, 1.165) is 44.9 Å². The summed E-state index contributed by atoms with van der Waals surface area (Å²) in [6.45, 7) is 9.36. The van der Waals surface area contributed by atoms with Crippen molar-refractivity contribution in [3.8, 4) is 0 Å². The lowest BCUT2D eigenvalue weighted by atomic mass is 9.84. The van der Waals surface area contributed by atoms with E-state index in [1.165, 1.54) is 37.7 Å². The van der Waals surface area contributed by atoms with Crippen molar-refractivity contribution in [2.75, 3.05) is 26.4 Å². The molecule has 0 heterocycles. The number of carbonyl (C=O) groups is 4. The van der Waals surface area contributed by atoms with Crippen molar-refractivity contribution in [3.05, 3.63) is 35.9 Å². The molecule has 1 aliphatic carbocycles. The molecule has 2 atom stereocenters.